The Balaban J connectivity index is 1.52. The molecule has 6 nitrogen and oxygen atoms in total. The number of carbonyl (C=O) groups excluding carboxylic acids is 1. The van der Waals surface area contributed by atoms with Crippen LogP contribution in [0.2, 0.25) is 0 Å². The third kappa shape index (κ3) is 3.46. The molecule has 7 heteroatoms. The van der Waals surface area contributed by atoms with Crippen LogP contribution in [0.3, 0.4) is 0 Å². The fourth-order valence-corrected chi connectivity index (χ4v) is 3.43. The van der Waals surface area contributed by atoms with Crippen molar-refractivity contribution in [1.82, 2.24) is 20.1 Å². The minimum atomic E-state index is -0.0587. The monoisotopic (exact) mass is 354 g/mol. The molecule has 1 saturated carbocycles. The van der Waals surface area contributed by atoms with Gasteiger partial charge in [0.15, 0.2) is 0 Å². The van der Waals surface area contributed by atoms with Crippen molar-refractivity contribution >= 4 is 17.2 Å². The summed E-state index contributed by atoms with van der Waals surface area (Å²) in [6, 6.07) is 7.32. The van der Waals surface area contributed by atoms with Crippen molar-refractivity contribution in [2.75, 3.05) is 7.05 Å². The molecule has 4 rings (SSSR count). The number of amides is 1. The number of rotatable bonds is 5. The van der Waals surface area contributed by atoms with Gasteiger partial charge in [-0.2, -0.15) is 0 Å². The van der Waals surface area contributed by atoms with E-state index in [1.165, 1.54) is 0 Å². The lowest BCUT2D eigenvalue weighted by Crippen LogP contribution is -2.26. The van der Waals surface area contributed by atoms with Gasteiger partial charge in [0.1, 0.15) is 5.01 Å². The zero-order valence-electron chi connectivity index (χ0n) is 14.1. The Bertz CT molecular complexity index is 913. The predicted octanol–water partition coefficient (Wildman–Crippen LogP) is 3.65. The zero-order chi connectivity index (χ0) is 17.4. The molecule has 1 fully saturated rings. The molecule has 2 heterocycles. The van der Waals surface area contributed by atoms with Crippen LogP contribution in [0.15, 0.2) is 34.1 Å². The Morgan fingerprint density at radius 1 is 1.36 bits per heavy atom. The van der Waals surface area contributed by atoms with Crippen molar-refractivity contribution in [2.24, 2.45) is 0 Å². The Hall–Kier alpha value is -2.54. The molecule has 0 atom stereocenters. The summed E-state index contributed by atoms with van der Waals surface area (Å²) in [6.45, 7) is 2.44. The lowest BCUT2D eigenvalue weighted by molar-refractivity contribution is 0.0785. The van der Waals surface area contributed by atoms with Crippen LogP contribution < -0.4 is 0 Å². The minimum Gasteiger partial charge on any atom is -0.420 e. The number of thiazole rings is 1. The van der Waals surface area contributed by atoms with Crippen LogP contribution in [0.4, 0.5) is 0 Å². The lowest BCUT2D eigenvalue weighted by atomic mass is 10.1. The van der Waals surface area contributed by atoms with Crippen LogP contribution >= 0.6 is 11.3 Å². The lowest BCUT2D eigenvalue weighted by Gasteiger charge is -2.16. The first kappa shape index (κ1) is 16.0. The largest absolute Gasteiger partial charge is 0.420 e. The van der Waals surface area contributed by atoms with Gasteiger partial charge in [0.05, 0.1) is 6.54 Å². The van der Waals surface area contributed by atoms with Crippen molar-refractivity contribution in [3.63, 3.8) is 0 Å². The molecule has 25 heavy (non-hydrogen) atoms. The second kappa shape index (κ2) is 6.40. The normalized spacial score (nSPS) is 13.8. The van der Waals surface area contributed by atoms with Crippen LogP contribution in [0, 0.1) is 6.92 Å². The summed E-state index contributed by atoms with van der Waals surface area (Å²) < 4.78 is 5.73. The maximum absolute atomic E-state index is 12.7. The van der Waals surface area contributed by atoms with Crippen LogP contribution in [0.25, 0.3) is 11.5 Å². The first-order valence-electron chi connectivity index (χ1n) is 8.20. The molecule has 0 spiro atoms. The quantitative estimate of drug-likeness (QED) is 0.699. The highest BCUT2D eigenvalue weighted by atomic mass is 32.1. The van der Waals surface area contributed by atoms with Crippen molar-refractivity contribution < 1.29 is 9.21 Å². The van der Waals surface area contributed by atoms with Crippen LogP contribution in [-0.2, 0) is 6.54 Å². The molecule has 0 aliphatic heterocycles. The predicted molar refractivity (Wildman–Crippen MR) is 94.4 cm³/mol. The minimum absolute atomic E-state index is 0.0587. The molecule has 0 radical (unpaired) electrons. The van der Waals surface area contributed by atoms with Gasteiger partial charge < -0.3 is 9.32 Å². The number of nitrogens with zero attached hydrogens (tertiary/aromatic N) is 4. The van der Waals surface area contributed by atoms with Gasteiger partial charge in [-0.1, -0.05) is 6.07 Å². The Morgan fingerprint density at radius 3 is 2.92 bits per heavy atom. The average Bonchev–Trinajstić information content (AvgIpc) is 3.21. The van der Waals surface area contributed by atoms with E-state index in [1.807, 2.05) is 24.4 Å². The van der Waals surface area contributed by atoms with Crippen LogP contribution in [0.5, 0.6) is 0 Å². The van der Waals surface area contributed by atoms with E-state index in [4.69, 9.17) is 4.42 Å². The molecule has 0 N–H and O–H groups in total. The molecule has 1 aliphatic rings. The first-order valence-corrected chi connectivity index (χ1v) is 9.08. The number of hydrogen-bond donors (Lipinski definition) is 0. The van der Waals surface area contributed by atoms with E-state index in [-0.39, 0.29) is 5.91 Å². The summed E-state index contributed by atoms with van der Waals surface area (Å²) in [6.07, 6.45) is 2.22. The molecule has 1 aliphatic carbocycles. The van der Waals surface area contributed by atoms with Crippen molar-refractivity contribution in [1.29, 1.82) is 0 Å². The van der Waals surface area contributed by atoms with Crippen LogP contribution in [-0.4, -0.2) is 33.0 Å². The molecule has 128 valence electrons. The SMILES string of the molecule is Cc1csc(CN(C)C(=O)c2cccc(-c3nnc(C4CC4)o3)c2)n1. The van der Waals surface area contributed by atoms with Crippen LogP contribution in [0.1, 0.15) is 45.7 Å². The van der Waals surface area contributed by atoms with E-state index in [0.29, 0.717) is 29.8 Å². The van der Waals surface area contributed by atoms with E-state index in [2.05, 4.69) is 15.2 Å². The van der Waals surface area contributed by atoms with E-state index < -0.39 is 0 Å². The smallest absolute Gasteiger partial charge is 0.253 e. The first-order chi connectivity index (χ1) is 12.1. The molecule has 1 amide bonds. The summed E-state index contributed by atoms with van der Waals surface area (Å²) in [5.41, 5.74) is 2.34. The highest BCUT2D eigenvalue weighted by molar-refractivity contribution is 7.09. The molecule has 1 aromatic carbocycles. The van der Waals surface area contributed by atoms with Gasteiger partial charge in [-0.3, -0.25) is 4.79 Å². The van der Waals surface area contributed by atoms with E-state index in [0.717, 1.165) is 29.1 Å². The van der Waals surface area contributed by atoms with Gasteiger partial charge in [0.2, 0.25) is 11.8 Å². The molecular formula is C18H18N4O2S. The molecule has 0 saturated heterocycles. The molecule has 2 aromatic heterocycles. The molecule has 3 aromatic rings. The number of aromatic nitrogens is 3. The third-order valence-corrected chi connectivity index (χ3v) is 5.06. The molecular weight excluding hydrogens is 336 g/mol. The molecule has 0 unspecified atom stereocenters. The second-order valence-electron chi connectivity index (χ2n) is 6.34. The third-order valence-electron chi connectivity index (χ3n) is 4.11. The Labute approximate surface area is 149 Å². The summed E-state index contributed by atoms with van der Waals surface area (Å²) in [4.78, 5) is 18.8. The maximum atomic E-state index is 12.7. The molecule has 0 bridgehead atoms. The Kier molecular flexibility index (Phi) is 4.09. The summed E-state index contributed by atoms with van der Waals surface area (Å²) in [5.74, 6) is 1.52. The van der Waals surface area contributed by atoms with Crippen molar-refractivity contribution in [2.45, 2.75) is 32.2 Å². The van der Waals surface area contributed by atoms with Gasteiger partial charge >= 0.3 is 0 Å². The summed E-state index contributed by atoms with van der Waals surface area (Å²) in [5, 5.41) is 11.1. The van der Waals surface area contributed by atoms with Gasteiger partial charge in [0.25, 0.3) is 5.91 Å². The fraction of sp³-hybridized carbons (Fsp3) is 0.333. The highest BCUT2D eigenvalue weighted by Crippen LogP contribution is 2.39. The van der Waals surface area contributed by atoms with Gasteiger partial charge in [-0.15, -0.1) is 21.5 Å². The van der Waals surface area contributed by atoms with E-state index >= 15 is 0 Å². The number of aryl methyl sites for hydroxylation is 1. The maximum Gasteiger partial charge on any atom is 0.253 e. The summed E-state index contributed by atoms with van der Waals surface area (Å²) in [7, 11) is 1.78. The van der Waals surface area contributed by atoms with E-state index in [1.54, 1.807) is 35.4 Å². The van der Waals surface area contributed by atoms with Crippen molar-refractivity contribution in [3.05, 3.63) is 51.8 Å². The van der Waals surface area contributed by atoms with Gasteiger partial charge in [-0.05, 0) is 38.0 Å². The summed E-state index contributed by atoms with van der Waals surface area (Å²) >= 11 is 1.56. The second-order valence-corrected chi connectivity index (χ2v) is 7.29. The zero-order valence-corrected chi connectivity index (χ0v) is 14.9. The standard InChI is InChI=1S/C18H18N4O2S/c1-11-10-25-15(19-11)9-22(2)18(23)14-5-3-4-13(8-14)17-21-20-16(24-17)12-6-7-12/h3-5,8,10,12H,6-7,9H2,1-2H3. The topological polar surface area (TPSA) is 72.1 Å². The number of hydrogen-bond acceptors (Lipinski definition) is 6. The highest BCUT2D eigenvalue weighted by Gasteiger charge is 2.29. The Morgan fingerprint density at radius 2 is 2.20 bits per heavy atom. The van der Waals surface area contributed by atoms with Gasteiger partial charge in [-0.25, -0.2) is 4.98 Å². The fourth-order valence-electron chi connectivity index (χ4n) is 2.60. The van der Waals surface area contributed by atoms with E-state index in [9.17, 15) is 4.79 Å². The average molecular weight is 354 g/mol. The van der Waals surface area contributed by atoms with Gasteiger partial charge in [0, 0.05) is 35.2 Å². The number of carbonyl (C=O) groups is 1. The number of benzene rings is 1. The van der Waals surface area contributed by atoms with Crippen molar-refractivity contribution in [3.8, 4) is 11.5 Å².